The first-order valence-corrected chi connectivity index (χ1v) is 6.50. The van der Waals surface area contributed by atoms with Gasteiger partial charge in [0.2, 0.25) is 5.91 Å². The highest BCUT2D eigenvalue weighted by atomic mass is 79.9. The summed E-state index contributed by atoms with van der Waals surface area (Å²) in [5.41, 5.74) is 1.79. The van der Waals surface area contributed by atoms with E-state index in [1.54, 1.807) is 6.08 Å². The first-order valence-electron chi connectivity index (χ1n) is 5.70. The van der Waals surface area contributed by atoms with Crippen molar-refractivity contribution in [3.8, 4) is 0 Å². The summed E-state index contributed by atoms with van der Waals surface area (Å²) in [6.45, 7) is 3.80. The molecule has 0 aromatic heterocycles. The van der Waals surface area contributed by atoms with Gasteiger partial charge in [-0.3, -0.25) is 4.79 Å². The second-order valence-electron chi connectivity index (χ2n) is 4.39. The molecule has 2 nitrogen and oxygen atoms in total. The predicted molar refractivity (Wildman–Crippen MR) is 79.7 cm³/mol. The largest absolute Gasteiger partial charge is 0.322 e. The number of allylic oxidation sites excluding steroid dienone is 1. The number of carbonyl (C=O) groups is 1. The highest BCUT2D eigenvalue weighted by Gasteiger charge is 2.02. The van der Waals surface area contributed by atoms with Gasteiger partial charge < -0.3 is 5.32 Å². The van der Waals surface area contributed by atoms with Crippen LogP contribution in [0.1, 0.15) is 13.8 Å². The number of halogens is 1. The minimum atomic E-state index is -0.0932. The summed E-state index contributed by atoms with van der Waals surface area (Å²) in [5.74, 6) is -0.0932. The Balaban J connectivity index is 2.31. The van der Waals surface area contributed by atoms with Crippen LogP contribution in [-0.4, -0.2) is 5.91 Å². The molecule has 0 aliphatic heterocycles. The molecule has 0 radical (unpaired) electrons. The molecule has 0 heterocycles. The molecule has 2 aromatic rings. The van der Waals surface area contributed by atoms with E-state index in [0.29, 0.717) is 0 Å². The zero-order valence-electron chi connectivity index (χ0n) is 10.3. The van der Waals surface area contributed by atoms with Crippen molar-refractivity contribution in [2.75, 3.05) is 5.32 Å². The third-order valence-electron chi connectivity index (χ3n) is 2.51. The van der Waals surface area contributed by atoms with Crippen molar-refractivity contribution < 1.29 is 4.79 Å². The molecule has 1 N–H and O–H groups in total. The van der Waals surface area contributed by atoms with Gasteiger partial charge >= 0.3 is 0 Å². The Labute approximate surface area is 115 Å². The van der Waals surface area contributed by atoms with Crippen LogP contribution in [0, 0.1) is 0 Å². The average Bonchev–Trinajstić information content (AvgIpc) is 2.27. The van der Waals surface area contributed by atoms with Crippen LogP contribution in [-0.2, 0) is 4.79 Å². The standard InChI is InChI=1S/C15H14BrNO/c1-10(2)8-15(18)17-12-6-7-13-11(9-12)4-3-5-14(13)16/h3-9H,1-2H3,(H,17,18). The topological polar surface area (TPSA) is 29.1 Å². The van der Waals surface area contributed by atoms with Gasteiger partial charge in [0.1, 0.15) is 0 Å². The van der Waals surface area contributed by atoms with Crippen LogP contribution in [0.4, 0.5) is 5.69 Å². The van der Waals surface area contributed by atoms with E-state index in [1.807, 2.05) is 50.2 Å². The number of rotatable bonds is 2. The molecule has 0 atom stereocenters. The molecule has 2 rings (SSSR count). The Morgan fingerprint density at radius 2 is 2.00 bits per heavy atom. The molecule has 3 heteroatoms. The quantitative estimate of drug-likeness (QED) is 0.813. The van der Waals surface area contributed by atoms with E-state index in [-0.39, 0.29) is 5.91 Å². The molecule has 0 aliphatic rings. The van der Waals surface area contributed by atoms with Crippen LogP contribution >= 0.6 is 15.9 Å². The lowest BCUT2D eigenvalue weighted by molar-refractivity contribution is -0.111. The lowest BCUT2D eigenvalue weighted by Crippen LogP contribution is -2.08. The van der Waals surface area contributed by atoms with Crippen LogP contribution in [0.5, 0.6) is 0 Å². The zero-order valence-corrected chi connectivity index (χ0v) is 11.9. The van der Waals surface area contributed by atoms with Crippen molar-refractivity contribution >= 4 is 38.3 Å². The van der Waals surface area contributed by atoms with Gasteiger partial charge in [-0.1, -0.05) is 39.7 Å². The van der Waals surface area contributed by atoms with E-state index in [2.05, 4.69) is 21.2 Å². The van der Waals surface area contributed by atoms with Gasteiger partial charge in [-0.05, 0) is 42.8 Å². The van der Waals surface area contributed by atoms with E-state index >= 15 is 0 Å². The van der Waals surface area contributed by atoms with Crippen molar-refractivity contribution in [3.63, 3.8) is 0 Å². The lowest BCUT2D eigenvalue weighted by Gasteiger charge is -2.06. The first kappa shape index (κ1) is 12.8. The number of amides is 1. The molecule has 0 unspecified atom stereocenters. The highest BCUT2D eigenvalue weighted by Crippen LogP contribution is 2.26. The van der Waals surface area contributed by atoms with E-state index in [4.69, 9.17) is 0 Å². The minimum Gasteiger partial charge on any atom is -0.322 e. The second kappa shape index (κ2) is 5.36. The van der Waals surface area contributed by atoms with E-state index < -0.39 is 0 Å². The summed E-state index contributed by atoms with van der Waals surface area (Å²) < 4.78 is 1.06. The van der Waals surface area contributed by atoms with Gasteiger partial charge in [0.25, 0.3) is 0 Å². The number of hydrogen-bond acceptors (Lipinski definition) is 1. The smallest absolute Gasteiger partial charge is 0.248 e. The number of hydrogen-bond donors (Lipinski definition) is 1. The molecule has 0 saturated heterocycles. The maximum atomic E-state index is 11.6. The number of carbonyl (C=O) groups excluding carboxylic acids is 1. The summed E-state index contributed by atoms with van der Waals surface area (Å²) in [5, 5.41) is 5.09. The predicted octanol–water partition coefficient (Wildman–Crippen LogP) is 4.51. The number of fused-ring (bicyclic) bond motifs is 1. The van der Waals surface area contributed by atoms with Crippen molar-refractivity contribution in [1.82, 2.24) is 0 Å². The van der Waals surface area contributed by atoms with Gasteiger partial charge in [0.15, 0.2) is 0 Å². The van der Waals surface area contributed by atoms with Gasteiger partial charge in [-0.25, -0.2) is 0 Å². The Morgan fingerprint density at radius 3 is 2.72 bits per heavy atom. The zero-order chi connectivity index (χ0) is 13.1. The average molecular weight is 304 g/mol. The highest BCUT2D eigenvalue weighted by molar-refractivity contribution is 9.10. The molecule has 0 saturated carbocycles. The minimum absolute atomic E-state index is 0.0932. The molecular formula is C15H14BrNO. The number of nitrogens with one attached hydrogen (secondary N) is 1. The maximum absolute atomic E-state index is 11.6. The molecule has 18 heavy (non-hydrogen) atoms. The number of anilines is 1. The van der Waals surface area contributed by atoms with Gasteiger partial charge in [-0.2, -0.15) is 0 Å². The van der Waals surface area contributed by atoms with Gasteiger partial charge in [0.05, 0.1) is 0 Å². The fourth-order valence-electron chi connectivity index (χ4n) is 1.76. The molecule has 0 spiro atoms. The molecule has 2 aromatic carbocycles. The van der Waals surface area contributed by atoms with E-state index in [1.165, 1.54) is 0 Å². The summed E-state index contributed by atoms with van der Waals surface area (Å²) in [6.07, 6.45) is 1.59. The molecule has 1 amide bonds. The fourth-order valence-corrected chi connectivity index (χ4v) is 2.28. The van der Waals surface area contributed by atoms with Crippen LogP contribution in [0.3, 0.4) is 0 Å². The summed E-state index contributed by atoms with van der Waals surface area (Å²) in [4.78, 5) is 11.6. The maximum Gasteiger partial charge on any atom is 0.248 e. The van der Waals surface area contributed by atoms with Crippen LogP contribution in [0.15, 0.2) is 52.5 Å². The Hall–Kier alpha value is -1.61. The fraction of sp³-hybridized carbons (Fsp3) is 0.133. The lowest BCUT2D eigenvalue weighted by atomic mass is 10.1. The van der Waals surface area contributed by atoms with Crippen LogP contribution in [0.25, 0.3) is 10.8 Å². The monoisotopic (exact) mass is 303 g/mol. The number of benzene rings is 2. The molecular weight excluding hydrogens is 290 g/mol. The SMILES string of the molecule is CC(C)=CC(=O)Nc1ccc2c(Br)cccc2c1. The molecule has 0 bridgehead atoms. The summed E-state index contributed by atoms with van der Waals surface area (Å²) in [7, 11) is 0. The second-order valence-corrected chi connectivity index (χ2v) is 5.24. The van der Waals surface area contributed by atoms with Gasteiger partial charge in [0, 0.05) is 16.2 Å². The van der Waals surface area contributed by atoms with Crippen molar-refractivity contribution in [2.45, 2.75) is 13.8 Å². The Morgan fingerprint density at radius 1 is 1.22 bits per heavy atom. The third kappa shape index (κ3) is 2.99. The Kier molecular flexibility index (Phi) is 3.82. The van der Waals surface area contributed by atoms with E-state index in [9.17, 15) is 4.79 Å². The van der Waals surface area contributed by atoms with Crippen molar-refractivity contribution in [2.24, 2.45) is 0 Å². The van der Waals surface area contributed by atoms with Crippen molar-refractivity contribution in [3.05, 3.63) is 52.5 Å². The molecule has 0 aliphatic carbocycles. The molecule has 92 valence electrons. The van der Waals surface area contributed by atoms with E-state index in [0.717, 1.165) is 26.5 Å². The normalized spacial score (nSPS) is 10.2. The first-order chi connectivity index (χ1) is 8.56. The van der Waals surface area contributed by atoms with Crippen LogP contribution < -0.4 is 5.32 Å². The molecule has 0 fully saturated rings. The third-order valence-corrected chi connectivity index (χ3v) is 3.21. The van der Waals surface area contributed by atoms with Gasteiger partial charge in [-0.15, -0.1) is 0 Å². The Bertz CT molecular complexity index is 627. The van der Waals surface area contributed by atoms with Crippen molar-refractivity contribution in [1.29, 1.82) is 0 Å². The van der Waals surface area contributed by atoms with Crippen LogP contribution in [0.2, 0.25) is 0 Å². The summed E-state index contributed by atoms with van der Waals surface area (Å²) in [6, 6.07) is 11.9. The summed E-state index contributed by atoms with van der Waals surface area (Å²) >= 11 is 3.51.